The fourth-order valence-corrected chi connectivity index (χ4v) is 0.937. The summed E-state index contributed by atoms with van der Waals surface area (Å²) in [4.78, 5) is 3.57. The largest absolute Gasteiger partial charge is 0.417 e. The number of halogens is 4. The molecule has 1 aromatic rings. The first-order valence-electron chi connectivity index (χ1n) is 3.61. The van der Waals surface area contributed by atoms with Gasteiger partial charge < -0.3 is 0 Å². The summed E-state index contributed by atoms with van der Waals surface area (Å²) in [6.45, 7) is 0. The smallest absolute Gasteiger partial charge is 0.263 e. The van der Waals surface area contributed by atoms with Gasteiger partial charge in [0.1, 0.15) is 0 Å². The average molecular weight is 220 g/mol. The second-order valence-electron chi connectivity index (χ2n) is 2.35. The first kappa shape index (κ1) is 10.9. The van der Waals surface area contributed by atoms with E-state index in [0.29, 0.717) is 0 Å². The summed E-state index contributed by atoms with van der Waals surface area (Å²) in [5.74, 6) is 4.65. The van der Waals surface area contributed by atoms with Gasteiger partial charge in [-0.1, -0.05) is 11.8 Å². The second-order valence-corrected chi connectivity index (χ2v) is 2.62. The van der Waals surface area contributed by atoms with Gasteiger partial charge >= 0.3 is 6.18 Å². The van der Waals surface area contributed by atoms with Crippen molar-refractivity contribution in [2.75, 3.05) is 5.88 Å². The molecule has 0 unspecified atom stereocenters. The Bertz CT molecular complexity index is 376. The lowest BCUT2D eigenvalue weighted by Crippen LogP contribution is -2.07. The van der Waals surface area contributed by atoms with E-state index in [1.165, 1.54) is 0 Å². The summed E-state index contributed by atoms with van der Waals surface area (Å²) in [6, 6.07) is 0.887. The van der Waals surface area contributed by atoms with E-state index in [1.807, 2.05) is 0 Å². The van der Waals surface area contributed by atoms with Crippen molar-refractivity contribution in [3.63, 3.8) is 0 Å². The summed E-state index contributed by atoms with van der Waals surface area (Å²) in [5.41, 5.74) is -0.939. The van der Waals surface area contributed by atoms with Crippen molar-refractivity contribution in [2.24, 2.45) is 0 Å². The van der Waals surface area contributed by atoms with Crippen LogP contribution in [-0.2, 0) is 6.18 Å². The Morgan fingerprint density at radius 2 is 2.14 bits per heavy atom. The van der Waals surface area contributed by atoms with Crippen molar-refractivity contribution in [1.82, 2.24) is 4.98 Å². The van der Waals surface area contributed by atoms with E-state index in [0.717, 1.165) is 18.5 Å². The fraction of sp³-hybridized carbons (Fsp3) is 0.222. The van der Waals surface area contributed by atoms with Gasteiger partial charge in [-0.05, 0) is 6.07 Å². The molecule has 0 aromatic carbocycles. The van der Waals surface area contributed by atoms with E-state index in [4.69, 9.17) is 11.6 Å². The molecule has 0 atom stereocenters. The molecule has 0 radical (unpaired) electrons. The lowest BCUT2D eigenvalue weighted by atomic mass is 10.1. The molecule has 74 valence electrons. The van der Waals surface area contributed by atoms with E-state index in [-0.39, 0.29) is 11.4 Å². The van der Waals surface area contributed by atoms with Crippen molar-refractivity contribution in [1.29, 1.82) is 0 Å². The maximum atomic E-state index is 12.3. The first-order valence-corrected chi connectivity index (χ1v) is 4.15. The van der Waals surface area contributed by atoms with Gasteiger partial charge in [-0.15, -0.1) is 11.6 Å². The number of rotatable bonds is 0. The predicted molar refractivity (Wildman–Crippen MR) is 46.8 cm³/mol. The zero-order valence-electron chi connectivity index (χ0n) is 6.90. The highest BCUT2D eigenvalue weighted by Crippen LogP contribution is 2.30. The minimum absolute atomic E-state index is 0.00775. The molecule has 1 aromatic heterocycles. The third-order valence-corrected chi connectivity index (χ3v) is 1.55. The molecule has 0 aliphatic heterocycles. The standard InChI is InChI=1S/C9H5ClF3N/c10-4-1-2-7-6-14-5-3-8(7)9(11,12)13/h3,5-6H,4H2. The van der Waals surface area contributed by atoms with Gasteiger partial charge in [-0.2, -0.15) is 13.2 Å². The van der Waals surface area contributed by atoms with Crippen molar-refractivity contribution in [3.8, 4) is 11.8 Å². The molecule has 0 fully saturated rings. The van der Waals surface area contributed by atoms with Crippen LogP contribution in [0, 0.1) is 11.8 Å². The number of hydrogen-bond acceptors (Lipinski definition) is 1. The SMILES string of the molecule is FC(F)(F)c1ccncc1C#CCCl. The summed E-state index contributed by atoms with van der Waals surface area (Å²) in [7, 11) is 0. The van der Waals surface area contributed by atoms with Gasteiger partial charge in [-0.3, -0.25) is 4.98 Å². The molecular weight excluding hydrogens is 215 g/mol. The highest BCUT2D eigenvalue weighted by molar-refractivity contribution is 6.19. The average Bonchev–Trinajstić information content (AvgIpc) is 2.14. The highest BCUT2D eigenvalue weighted by atomic mass is 35.5. The monoisotopic (exact) mass is 219 g/mol. The van der Waals surface area contributed by atoms with Crippen LogP contribution in [0.25, 0.3) is 0 Å². The normalized spacial score (nSPS) is 10.6. The Kier molecular flexibility index (Phi) is 3.37. The summed E-state index contributed by atoms with van der Waals surface area (Å²) >= 11 is 5.24. The third kappa shape index (κ3) is 2.64. The molecule has 0 bridgehead atoms. The minimum Gasteiger partial charge on any atom is -0.263 e. The quantitative estimate of drug-likeness (QED) is 0.483. The van der Waals surface area contributed by atoms with Crippen LogP contribution >= 0.6 is 11.6 Å². The van der Waals surface area contributed by atoms with Crippen LogP contribution in [0.15, 0.2) is 18.5 Å². The van der Waals surface area contributed by atoms with E-state index in [9.17, 15) is 13.2 Å². The van der Waals surface area contributed by atoms with Crippen molar-refractivity contribution in [2.45, 2.75) is 6.18 Å². The van der Waals surface area contributed by atoms with E-state index in [2.05, 4.69) is 16.8 Å². The van der Waals surface area contributed by atoms with Gasteiger partial charge in [0, 0.05) is 12.4 Å². The molecule has 14 heavy (non-hydrogen) atoms. The van der Waals surface area contributed by atoms with Gasteiger partial charge in [0.25, 0.3) is 0 Å². The lowest BCUT2D eigenvalue weighted by molar-refractivity contribution is -0.137. The molecule has 1 rings (SSSR count). The second kappa shape index (κ2) is 4.34. The minimum atomic E-state index is -4.40. The third-order valence-electron chi connectivity index (χ3n) is 1.42. The summed E-state index contributed by atoms with van der Waals surface area (Å²) in [5, 5.41) is 0. The number of aromatic nitrogens is 1. The number of pyridine rings is 1. The van der Waals surface area contributed by atoms with E-state index < -0.39 is 11.7 Å². The molecule has 0 saturated carbocycles. The van der Waals surface area contributed by atoms with Crippen molar-refractivity contribution in [3.05, 3.63) is 29.6 Å². The van der Waals surface area contributed by atoms with Crippen LogP contribution < -0.4 is 0 Å². The molecule has 0 N–H and O–H groups in total. The zero-order chi connectivity index (χ0) is 10.6. The number of alkyl halides is 4. The Labute approximate surface area is 83.9 Å². The van der Waals surface area contributed by atoms with Crippen LogP contribution in [0.5, 0.6) is 0 Å². The van der Waals surface area contributed by atoms with E-state index >= 15 is 0 Å². The van der Waals surface area contributed by atoms with Crippen LogP contribution in [0.3, 0.4) is 0 Å². The molecule has 1 heterocycles. The topological polar surface area (TPSA) is 12.9 Å². The van der Waals surface area contributed by atoms with Gasteiger partial charge in [0.15, 0.2) is 0 Å². The Morgan fingerprint density at radius 3 is 2.71 bits per heavy atom. The molecule has 0 aliphatic carbocycles. The zero-order valence-corrected chi connectivity index (χ0v) is 7.65. The van der Waals surface area contributed by atoms with Crippen LogP contribution in [0.2, 0.25) is 0 Å². The maximum Gasteiger partial charge on any atom is 0.417 e. The lowest BCUT2D eigenvalue weighted by Gasteiger charge is -2.07. The Morgan fingerprint density at radius 1 is 1.43 bits per heavy atom. The van der Waals surface area contributed by atoms with Gasteiger partial charge in [-0.25, -0.2) is 0 Å². The maximum absolute atomic E-state index is 12.3. The van der Waals surface area contributed by atoms with Crippen LogP contribution in [-0.4, -0.2) is 10.9 Å². The van der Waals surface area contributed by atoms with Crippen molar-refractivity contribution < 1.29 is 13.2 Å². The summed E-state index contributed by atoms with van der Waals surface area (Å²) < 4.78 is 37.0. The van der Waals surface area contributed by atoms with Gasteiger partial charge in [0.2, 0.25) is 0 Å². The molecule has 0 aliphatic rings. The van der Waals surface area contributed by atoms with Gasteiger partial charge in [0.05, 0.1) is 17.0 Å². The highest BCUT2D eigenvalue weighted by Gasteiger charge is 2.32. The predicted octanol–water partition coefficient (Wildman–Crippen LogP) is 2.69. The number of hydrogen-bond donors (Lipinski definition) is 0. The molecule has 0 amide bonds. The molecule has 5 heteroatoms. The molecular formula is C9H5ClF3N. The Hall–Kier alpha value is -1.21. The Balaban J connectivity index is 3.16. The fourth-order valence-electron chi connectivity index (χ4n) is 0.870. The van der Waals surface area contributed by atoms with Crippen LogP contribution in [0.4, 0.5) is 13.2 Å². The molecule has 0 saturated heterocycles. The van der Waals surface area contributed by atoms with E-state index in [1.54, 1.807) is 0 Å². The first-order chi connectivity index (χ1) is 6.55. The number of nitrogens with zero attached hydrogens (tertiary/aromatic N) is 1. The molecule has 1 nitrogen and oxygen atoms in total. The van der Waals surface area contributed by atoms with Crippen molar-refractivity contribution >= 4 is 11.6 Å². The molecule has 0 spiro atoms. The van der Waals surface area contributed by atoms with Crippen LogP contribution in [0.1, 0.15) is 11.1 Å². The summed E-state index contributed by atoms with van der Waals surface area (Å²) in [6.07, 6.45) is -2.25.